The van der Waals surface area contributed by atoms with Gasteiger partial charge in [0.15, 0.2) is 23.3 Å². The molecule has 0 saturated carbocycles. The Labute approximate surface area is 154 Å². The van der Waals surface area contributed by atoms with E-state index >= 15 is 0 Å². The predicted octanol–water partition coefficient (Wildman–Crippen LogP) is 2.95. The minimum Gasteiger partial charge on any atom is -0.335 e. The molecule has 0 aliphatic heterocycles. The first-order valence-electron chi connectivity index (χ1n) is 7.39. The molecule has 27 heavy (non-hydrogen) atoms. The number of carbonyl (C=O) groups is 1. The number of halogens is 4. The molecular formula is C16H11F4N5OS. The van der Waals surface area contributed by atoms with E-state index in [0.717, 1.165) is 22.5 Å². The molecule has 11 heteroatoms. The molecular weight excluding hydrogens is 386 g/mol. The van der Waals surface area contributed by atoms with Crippen LogP contribution in [0.1, 0.15) is 0 Å². The fraction of sp³-hybridized carbons (Fsp3) is 0.0625. The first kappa shape index (κ1) is 18.7. The monoisotopic (exact) mass is 397 g/mol. The second kappa shape index (κ2) is 7.66. The highest BCUT2D eigenvalue weighted by molar-refractivity contribution is 7.99. The van der Waals surface area contributed by atoms with Gasteiger partial charge in [-0.3, -0.25) is 4.79 Å². The molecule has 0 fully saturated rings. The maximum Gasteiger partial charge on any atom is 0.234 e. The Kier molecular flexibility index (Phi) is 5.31. The van der Waals surface area contributed by atoms with Crippen LogP contribution in [0.25, 0.3) is 11.4 Å². The number of rotatable bonds is 5. The third kappa shape index (κ3) is 4.03. The number of anilines is 1. The fourth-order valence-electron chi connectivity index (χ4n) is 2.14. The van der Waals surface area contributed by atoms with E-state index in [1.54, 1.807) is 6.07 Å². The zero-order chi connectivity index (χ0) is 19.6. The number of carbonyl (C=O) groups excluding carboxylic acids is 1. The summed E-state index contributed by atoms with van der Waals surface area (Å²) in [5.41, 5.74) is -0.0978. The zero-order valence-corrected chi connectivity index (χ0v) is 14.2. The van der Waals surface area contributed by atoms with Gasteiger partial charge in [0.2, 0.25) is 11.1 Å². The van der Waals surface area contributed by atoms with Gasteiger partial charge in [-0.1, -0.05) is 23.9 Å². The number of aromatic nitrogens is 3. The summed E-state index contributed by atoms with van der Waals surface area (Å²) in [7, 11) is 0. The van der Waals surface area contributed by atoms with Gasteiger partial charge in [0.05, 0.1) is 11.4 Å². The molecule has 1 heterocycles. The standard InChI is InChI=1S/C16H11F4N5OS/c17-9-3-1-2-8(6-9)15-23-24-16(25(15)21)27-7-12(26)22-11-5-4-10(18)13(19)14(11)20/h1-6H,7,21H2,(H,22,26). The van der Waals surface area contributed by atoms with E-state index in [1.807, 2.05) is 0 Å². The van der Waals surface area contributed by atoms with Crippen molar-refractivity contribution >= 4 is 23.4 Å². The van der Waals surface area contributed by atoms with Crippen LogP contribution in [0, 0.1) is 23.3 Å². The Balaban J connectivity index is 1.67. The van der Waals surface area contributed by atoms with Gasteiger partial charge >= 0.3 is 0 Å². The summed E-state index contributed by atoms with van der Waals surface area (Å²) in [5.74, 6) is 0.0773. The molecule has 1 amide bonds. The van der Waals surface area contributed by atoms with Gasteiger partial charge in [0.25, 0.3) is 0 Å². The number of nitrogens with one attached hydrogen (secondary N) is 1. The lowest BCUT2D eigenvalue weighted by Gasteiger charge is -2.07. The van der Waals surface area contributed by atoms with Gasteiger partial charge in [-0.15, -0.1) is 10.2 Å². The van der Waals surface area contributed by atoms with Gasteiger partial charge in [-0.2, -0.15) is 0 Å². The molecule has 1 aromatic heterocycles. The maximum atomic E-state index is 13.6. The van der Waals surface area contributed by atoms with Crippen LogP contribution >= 0.6 is 11.8 Å². The Hall–Kier alpha value is -3.08. The summed E-state index contributed by atoms with van der Waals surface area (Å²) in [6.45, 7) is 0. The largest absolute Gasteiger partial charge is 0.335 e. The van der Waals surface area contributed by atoms with E-state index in [-0.39, 0.29) is 16.7 Å². The van der Waals surface area contributed by atoms with E-state index in [2.05, 4.69) is 15.5 Å². The van der Waals surface area contributed by atoms with Crippen molar-refractivity contribution in [3.8, 4) is 11.4 Å². The Bertz CT molecular complexity index is 1010. The number of nitrogens with zero attached hydrogens (tertiary/aromatic N) is 3. The highest BCUT2D eigenvalue weighted by atomic mass is 32.2. The molecule has 0 saturated heterocycles. The molecule has 3 N–H and O–H groups in total. The molecule has 140 valence electrons. The average molecular weight is 397 g/mol. The quantitative estimate of drug-likeness (QED) is 0.299. The SMILES string of the molecule is Nn1c(SCC(=O)Nc2ccc(F)c(F)c2F)nnc1-c1cccc(F)c1. The first-order valence-corrected chi connectivity index (χ1v) is 8.38. The molecule has 0 aliphatic carbocycles. The predicted molar refractivity (Wildman–Crippen MR) is 91.2 cm³/mol. The van der Waals surface area contributed by atoms with Gasteiger partial charge in [0, 0.05) is 5.56 Å². The van der Waals surface area contributed by atoms with Crippen molar-refractivity contribution in [1.29, 1.82) is 0 Å². The normalized spacial score (nSPS) is 10.8. The lowest BCUT2D eigenvalue weighted by atomic mass is 10.2. The van der Waals surface area contributed by atoms with Crippen LogP contribution in [-0.4, -0.2) is 26.5 Å². The average Bonchev–Trinajstić information content (AvgIpc) is 3.01. The van der Waals surface area contributed by atoms with E-state index in [1.165, 1.54) is 18.2 Å². The van der Waals surface area contributed by atoms with Crippen LogP contribution in [-0.2, 0) is 4.79 Å². The van der Waals surface area contributed by atoms with Crippen LogP contribution in [0.4, 0.5) is 23.2 Å². The van der Waals surface area contributed by atoms with E-state index < -0.39 is 34.9 Å². The number of thioether (sulfide) groups is 1. The van der Waals surface area contributed by atoms with Gasteiger partial charge in [0.1, 0.15) is 5.82 Å². The topological polar surface area (TPSA) is 85.8 Å². The van der Waals surface area contributed by atoms with Crippen molar-refractivity contribution < 1.29 is 22.4 Å². The minimum atomic E-state index is -1.68. The summed E-state index contributed by atoms with van der Waals surface area (Å²) in [6, 6.07) is 7.16. The maximum absolute atomic E-state index is 13.6. The van der Waals surface area contributed by atoms with Crippen molar-refractivity contribution in [2.75, 3.05) is 16.9 Å². The van der Waals surface area contributed by atoms with E-state index in [9.17, 15) is 22.4 Å². The molecule has 0 bridgehead atoms. The molecule has 0 spiro atoms. The summed E-state index contributed by atoms with van der Waals surface area (Å²) < 4.78 is 54.0. The summed E-state index contributed by atoms with van der Waals surface area (Å²) in [6.07, 6.45) is 0. The van der Waals surface area contributed by atoms with Crippen LogP contribution in [0.3, 0.4) is 0 Å². The number of amides is 1. The van der Waals surface area contributed by atoms with E-state index in [0.29, 0.717) is 11.6 Å². The Morgan fingerprint density at radius 3 is 2.63 bits per heavy atom. The number of hydrogen-bond acceptors (Lipinski definition) is 5. The second-order valence-corrected chi connectivity index (χ2v) is 6.19. The number of nitrogens with two attached hydrogens (primary N) is 1. The Morgan fingerprint density at radius 1 is 1.11 bits per heavy atom. The third-order valence-electron chi connectivity index (χ3n) is 3.39. The number of hydrogen-bond donors (Lipinski definition) is 2. The summed E-state index contributed by atoms with van der Waals surface area (Å²) in [5, 5.41) is 9.92. The lowest BCUT2D eigenvalue weighted by Crippen LogP contribution is -2.17. The summed E-state index contributed by atoms with van der Waals surface area (Å²) >= 11 is 0.876. The van der Waals surface area contributed by atoms with Gasteiger partial charge < -0.3 is 11.2 Å². The van der Waals surface area contributed by atoms with Gasteiger partial charge in [-0.05, 0) is 24.3 Å². The van der Waals surface area contributed by atoms with Crippen molar-refractivity contribution in [3.05, 3.63) is 59.7 Å². The first-order chi connectivity index (χ1) is 12.9. The fourth-order valence-corrected chi connectivity index (χ4v) is 2.80. The Morgan fingerprint density at radius 2 is 1.89 bits per heavy atom. The lowest BCUT2D eigenvalue weighted by molar-refractivity contribution is -0.113. The summed E-state index contributed by atoms with van der Waals surface area (Å²) in [4.78, 5) is 11.9. The molecule has 3 rings (SSSR count). The van der Waals surface area contributed by atoms with Crippen molar-refractivity contribution in [1.82, 2.24) is 14.9 Å². The highest BCUT2D eigenvalue weighted by Gasteiger charge is 2.17. The molecule has 3 aromatic rings. The smallest absolute Gasteiger partial charge is 0.234 e. The van der Waals surface area contributed by atoms with Crippen LogP contribution < -0.4 is 11.2 Å². The molecule has 6 nitrogen and oxygen atoms in total. The van der Waals surface area contributed by atoms with Crippen molar-refractivity contribution in [3.63, 3.8) is 0 Å². The zero-order valence-electron chi connectivity index (χ0n) is 13.4. The van der Waals surface area contributed by atoms with Crippen LogP contribution in [0.15, 0.2) is 41.6 Å². The van der Waals surface area contributed by atoms with Crippen molar-refractivity contribution in [2.24, 2.45) is 0 Å². The molecule has 0 radical (unpaired) electrons. The van der Waals surface area contributed by atoms with Crippen LogP contribution in [0.5, 0.6) is 0 Å². The molecule has 0 atom stereocenters. The minimum absolute atomic E-state index is 0.148. The molecule has 0 aliphatic rings. The van der Waals surface area contributed by atoms with E-state index in [4.69, 9.17) is 5.84 Å². The molecule has 2 aromatic carbocycles. The van der Waals surface area contributed by atoms with Crippen molar-refractivity contribution in [2.45, 2.75) is 5.16 Å². The second-order valence-electron chi connectivity index (χ2n) is 5.25. The van der Waals surface area contributed by atoms with Gasteiger partial charge in [-0.25, -0.2) is 22.2 Å². The van der Waals surface area contributed by atoms with Crippen LogP contribution in [0.2, 0.25) is 0 Å². The number of nitrogen functional groups attached to an aromatic ring is 1. The highest BCUT2D eigenvalue weighted by Crippen LogP contribution is 2.23. The third-order valence-corrected chi connectivity index (χ3v) is 4.33. The number of benzene rings is 2. The molecule has 0 unspecified atom stereocenters.